The molecule has 0 spiro atoms. The molecule has 0 bridgehead atoms. The molecule has 7 heteroatoms. The Labute approximate surface area is 130 Å². The molecule has 5 nitrogen and oxygen atoms in total. The van der Waals surface area contributed by atoms with Gasteiger partial charge in [-0.05, 0) is 37.5 Å². The zero-order chi connectivity index (χ0) is 15.8. The van der Waals surface area contributed by atoms with Gasteiger partial charge in [0, 0.05) is 25.3 Å². The minimum Gasteiger partial charge on any atom is -0.370 e. The Hall–Kier alpha value is -1.27. The topological polar surface area (TPSA) is 80.5 Å². The first-order valence-corrected chi connectivity index (χ1v) is 9.01. The summed E-state index contributed by atoms with van der Waals surface area (Å²) in [6, 6.07) is 3.12. The normalized spacial score (nSPS) is 17.0. The average Bonchev–Trinajstić information content (AvgIpc) is 2.37. The lowest BCUT2D eigenvalue weighted by molar-refractivity contribution is -0.122. The van der Waals surface area contributed by atoms with Crippen LogP contribution in [-0.4, -0.2) is 33.7 Å². The van der Waals surface area contributed by atoms with Crippen LogP contribution in [-0.2, 0) is 14.6 Å². The van der Waals surface area contributed by atoms with E-state index < -0.39 is 9.84 Å². The van der Waals surface area contributed by atoms with Crippen molar-refractivity contribution in [3.8, 4) is 0 Å². The van der Waals surface area contributed by atoms with Gasteiger partial charge in [-0.15, -0.1) is 0 Å². The predicted molar refractivity (Wildman–Crippen MR) is 83.4 cm³/mol. The van der Waals surface area contributed by atoms with Gasteiger partial charge in [0.1, 0.15) is 0 Å². The van der Waals surface area contributed by atoms with Crippen LogP contribution in [0.5, 0.6) is 0 Å². The monoisotopic (exact) mass is 330 g/mol. The smallest absolute Gasteiger partial charge is 0.220 e. The molecule has 0 unspecified atom stereocenters. The average molecular weight is 331 g/mol. The number of rotatable bonds is 3. The van der Waals surface area contributed by atoms with Gasteiger partial charge < -0.3 is 10.6 Å². The fraction of sp³-hybridized carbons (Fsp3) is 0.500. The maximum absolute atomic E-state index is 11.6. The zero-order valence-electron chi connectivity index (χ0n) is 12.1. The van der Waals surface area contributed by atoms with Gasteiger partial charge in [-0.3, -0.25) is 4.79 Å². The van der Waals surface area contributed by atoms with Gasteiger partial charge in [-0.1, -0.05) is 11.6 Å². The second kappa shape index (κ2) is 5.85. The highest BCUT2D eigenvalue weighted by Crippen LogP contribution is 2.34. The van der Waals surface area contributed by atoms with E-state index in [0.29, 0.717) is 31.0 Å². The van der Waals surface area contributed by atoms with Crippen LogP contribution in [0.3, 0.4) is 0 Å². The molecule has 1 aliphatic heterocycles. The van der Waals surface area contributed by atoms with E-state index in [-0.39, 0.29) is 16.7 Å². The number of nitrogens with two attached hydrogens (primary N) is 1. The Kier molecular flexibility index (Phi) is 4.49. The number of primary amides is 1. The molecule has 0 aliphatic carbocycles. The zero-order valence-corrected chi connectivity index (χ0v) is 13.7. The summed E-state index contributed by atoms with van der Waals surface area (Å²) < 4.78 is 23.2. The van der Waals surface area contributed by atoms with Crippen LogP contribution in [0, 0.1) is 12.8 Å². The molecule has 0 radical (unpaired) electrons. The van der Waals surface area contributed by atoms with Crippen LogP contribution < -0.4 is 10.6 Å². The molecule has 0 atom stereocenters. The van der Waals surface area contributed by atoms with Crippen LogP contribution in [0.1, 0.15) is 18.4 Å². The molecular formula is C14H19ClN2O3S. The van der Waals surface area contributed by atoms with E-state index in [0.717, 1.165) is 17.5 Å². The number of anilines is 1. The maximum Gasteiger partial charge on any atom is 0.220 e. The number of aryl methyl sites for hydroxylation is 1. The van der Waals surface area contributed by atoms with Gasteiger partial charge in [0.2, 0.25) is 5.91 Å². The van der Waals surface area contributed by atoms with Gasteiger partial charge in [0.05, 0.1) is 15.6 Å². The Morgan fingerprint density at radius 1 is 1.33 bits per heavy atom. The van der Waals surface area contributed by atoms with E-state index in [1.807, 2.05) is 6.92 Å². The molecular weight excluding hydrogens is 312 g/mol. The van der Waals surface area contributed by atoms with Crippen molar-refractivity contribution < 1.29 is 13.2 Å². The molecule has 1 aromatic carbocycles. The quantitative estimate of drug-likeness (QED) is 0.915. The van der Waals surface area contributed by atoms with Crippen molar-refractivity contribution in [2.75, 3.05) is 24.2 Å². The van der Waals surface area contributed by atoms with E-state index in [1.165, 1.54) is 6.07 Å². The number of piperidine rings is 1. The minimum absolute atomic E-state index is 0.0874. The fourth-order valence-electron chi connectivity index (χ4n) is 2.71. The van der Waals surface area contributed by atoms with Crippen LogP contribution in [0.25, 0.3) is 0 Å². The maximum atomic E-state index is 11.6. The SMILES string of the molecule is Cc1cc(S(C)(=O)=O)cc(Cl)c1N1CCC(C(N)=O)CC1. The van der Waals surface area contributed by atoms with E-state index >= 15 is 0 Å². The Morgan fingerprint density at radius 2 is 1.90 bits per heavy atom. The minimum atomic E-state index is -3.28. The number of halogens is 1. The second-order valence-electron chi connectivity index (χ2n) is 5.51. The van der Waals surface area contributed by atoms with Crippen molar-refractivity contribution in [2.24, 2.45) is 11.7 Å². The fourth-order valence-corrected chi connectivity index (χ4v) is 3.88. The molecule has 1 amide bonds. The highest BCUT2D eigenvalue weighted by Gasteiger charge is 2.25. The van der Waals surface area contributed by atoms with Crippen molar-refractivity contribution in [3.63, 3.8) is 0 Å². The Bertz CT molecular complexity index is 642. The van der Waals surface area contributed by atoms with E-state index in [1.54, 1.807) is 6.07 Å². The van der Waals surface area contributed by atoms with E-state index in [4.69, 9.17) is 17.3 Å². The highest BCUT2D eigenvalue weighted by molar-refractivity contribution is 7.90. The number of carbonyl (C=O) groups is 1. The first-order chi connectivity index (χ1) is 9.70. The van der Waals surface area contributed by atoms with Gasteiger partial charge in [0.15, 0.2) is 9.84 Å². The number of hydrogen-bond donors (Lipinski definition) is 1. The number of benzene rings is 1. The van der Waals surface area contributed by atoms with Gasteiger partial charge >= 0.3 is 0 Å². The summed E-state index contributed by atoms with van der Waals surface area (Å²) >= 11 is 6.28. The third-order valence-corrected chi connectivity index (χ3v) is 5.25. The molecule has 0 saturated carbocycles. The van der Waals surface area contributed by atoms with Crippen molar-refractivity contribution in [3.05, 3.63) is 22.7 Å². The number of amides is 1. The lowest BCUT2D eigenvalue weighted by Crippen LogP contribution is -2.39. The Balaban J connectivity index is 2.28. The largest absolute Gasteiger partial charge is 0.370 e. The molecule has 2 N–H and O–H groups in total. The molecule has 1 aliphatic rings. The lowest BCUT2D eigenvalue weighted by Gasteiger charge is -2.34. The molecule has 21 heavy (non-hydrogen) atoms. The Morgan fingerprint density at radius 3 is 2.33 bits per heavy atom. The van der Waals surface area contributed by atoms with Crippen molar-refractivity contribution in [1.82, 2.24) is 0 Å². The van der Waals surface area contributed by atoms with E-state index in [2.05, 4.69) is 4.90 Å². The van der Waals surface area contributed by atoms with Gasteiger partial charge in [0.25, 0.3) is 0 Å². The van der Waals surface area contributed by atoms with E-state index in [9.17, 15) is 13.2 Å². The summed E-state index contributed by atoms with van der Waals surface area (Å²) in [5.74, 6) is -0.347. The first kappa shape index (κ1) is 16.1. The molecule has 1 fully saturated rings. The summed E-state index contributed by atoms with van der Waals surface area (Å²) in [5.41, 5.74) is 6.99. The summed E-state index contributed by atoms with van der Waals surface area (Å²) in [4.78, 5) is 13.5. The summed E-state index contributed by atoms with van der Waals surface area (Å²) in [5, 5.41) is 0.424. The molecule has 1 aromatic rings. The van der Waals surface area contributed by atoms with Crippen molar-refractivity contribution in [2.45, 2.75) is 24.7 Å². The third kappa shape index (κ3) is 3.49. The third-order valence-electron chi connectivity index (χ3n) is 3.87. The van der Waals surface area contributed by atoms with Crippen LogP contribution in [0.15, 0.2) is 17.0 Å². The second-order valence-corrected chi connectivity index (χ2v) is 7.93. The molecule has 116 valence electrons. The van der Waals surface area contributed by atoms with Gasteiger partial charge in [-0.25, -0.2) is 8.42 Å². The summed E-state index contributed by atoms with van der Waals surface area (Å²) in [6.07, 6.45) is 2.55. The molecule has 1 saturated heterocycles. The van der Waals surface area contributed by atoms with Crippen molar-refractivity contribution >= 4 is 33.0 Å². The number of hydrogen-bond acceptors (Lipinski definition) is 4. The summed E-state index contributed by atoms with van der Waals surface area (Å²) in [7, 11) is -3.28. The summed E-state index contributed by atoms with van der Waals surface area (Å²) in [6.45, 7) is 3.22. The standard InChI is InChI=1S/C14H19ClN2O3S/c1-9-7-11(21(2,19)20)8-12(15)13(9)17-5-3-10(4-6-17)14(16)18/h7-8,10H,3-6H2,1-2H3,(H2,16,18). The molecule has 0 aromatic heterocycles. The van der Waals surface area contributed by atoms with Crippen molar-refractivity contribution in [1.29, 1.82) is 0 Å². The highest BCUT2D eigenvalue weighted by atomic mass is 35.5. The molecule has 1 heterocycles. The van der Waals surface area contributed by atoms with Gasteiger partial charge in [-0.2, -0.15) is 0 Å². The van der Waals surface area contributed by atoms with Crippen LogP contribution in [0.4, 0.5) is 5.69 Å². The predicted octanol–water partition coefficient (Wildman–Crippen LogP) is 1.75. The first-order valence-electron chi connectivity index (χ1n) is 6.74. The number of sulfone groups is 1. The lowest BCUT2D eigenvalue weighted by atomic mass is 9.95. The van der Waals surface area contributed by atoms with Crippen LogP contribution in [0.2, 0.25) is 5.02 Å². The number of carbonyl (C=O) groups excluding carboxylic acids is 1. The molecule has 2 rings (SSSR count). The van der Waals surface area contributed by atoms with Crippen LogP contribution >= 0.6 is 11.6 Å². The number of nitrogens with zero attached hydrogens (tertiary/aromatic N) is 1.